The first-order chi connectivity index (χ1) is 5.41. The van der Waals surface area contributed by atoms with E-state index in [4.69, 9.17) is 0 Å². The van der Waals surface area contributed by atoms with Gasteiger partial charge in [0.15, 0.2) is 0 Å². The topological polar surface area (TPSA) is 29.1 Å². The first-order valence-electron chi connectivity index (χ1n) is 4.71. The zero-order valence-corrected chi connectivity index (χ0v) is 8.90. The molecule has 0 aliphatic heterocycles. The fraction of sp³-hybridized carbons (Fsp3) is 0.900. The molecule has 0 aromatic rings. The first-order valence-corrected chi connectivity index (χ1v) is 4.71. The molecular formula is C10H21NO. The molecule has 0 bridgehead atoms. The summed E-state index contributed by atoms with van der Waals surface area (Å²) in [6.07, 6.45) is 1.57. The van der Waals surface area contributed by atoms with E-state index < -0.39 is 0 Å². The fourth-order valence-electron chi connectivity index (χ4n) is 1.23. The number of hydrogen-bond donors (Lipinski definition) is 1. The van der Waals surface area contributed by atoms with Crippen LogP contribution in [-0.2, 0) is 4.79 Å². The molecule has 2 nitrogen and oxygen atoms in total. The van der Waals surface area contributed by atoms with Gasteiger partial charge in [0.25, 0.3) is 0 Å². The van der Waals surface area contributed by atoms with E-state index in [-0.39, 0.29) is 11.3 Å². The minimum atomic E-state index is 0.150. The summed E-state index contributed by atoms with van der Waals surface area (Å²) >= 11 is 0. The number of carbonyl (C=O) groups excluding carboxylic acids is 1. The molecule has 12 heavy (non-hydrogen) atoms. The van der Waals surface area contributed by atoms with Gasteiger partial charge in [0, 0.05) is 12.5 Å². The summed E-state index contributed by atoms with van der Waals surface area (Å²) in [6.45, 7) is 10.4. The average Bonchev–Trinajstić information content (AvgIpc) is 1.97. The van der Waals surface area contributed by atoms with Gasteiger partial charge < -0.3 is 5.32 Å². The smallest absolute Gasteiger partial charge is 0.219 e. The molecule has 1 N–H and O–H groups in total. The lowest BCUT2D eigenvalue weighted by molar-refractivity contribution is -0.122. The van der Waals surface area contributed by atoms with Crippen LogP contribution in [0.4, 0.5) is 0 Å². The molecule has 0 saturated heterocycles. The maximum Gasteiger partial charge on any atom is 0.219 e. The molecule has 0 fully saturated rings. The molecule has 0 rings (SSSR count). The standard InChI is InChI=1S/C10H21NO/c1-6-8(10(3,4)5)11-9(12)7-2/h8H,6-7H2,1-5H3,(H,11,12). The van der Waals surface area contributed by atoms with E-state index >= 15 is 0 Å². The Bertz CT molecular complexity index is 146. The minimum Gasteiger partial charge on any atom is -0.353 e. The van der Waals surface area contributed by atoms with Gasteiger partial charge in [-0.3, -0.25) is 4.79 Å². The Balaban J connectivity index is 4.09. The van der Waals surface area contributed by atoms with Gasteiger partial charge in [-0.2, -0.15) is 0 Å². The molecule has 1 atom stereocenters. The summed E-state index contributed by atoms with van der Waals surface area (Å²) in [5.41, 5.74) is 0.166. The molecule has 0 spiro atoms. The van der Waals surface area contributed by atoms with Crippen LogP contribution in [0.3, 0.4) is 0 Å². The van der Waals surface area contributed by atoms with E-state index in [1.54, 1.807) is 0 Å². The van der Waals surface area contributed by atoms with Gasteiger partial charge in [0.1, 0.15) is 0 Å². The summed E-state index contributed by atoms with van der Waals surface area (Å²) in [5, 5.41) is 3.02. The van der Waals surface area contributed by atoms with Gasteiger partial charge >= 0.3 is 0 Å². The van der Waals surface area contributed by atoms with Crippen molar-refractivity contribution in [1.82, 2.24) is 5.32 Å². The molecule has 0 saturated carbocycles. The highest BCUT2D eigenvalue weighted by molar-refractivity contribution is 5.75. The van der Waals surface area contributed by atoms with Gasteiger partial charge in [-0.15, -0.1) is 0 Å². The third-order valence-corrected chi connectivity index (χ3v) is 2.11. The number of carbonyl (C=O) groups is 1. The number of hydrogen-bond acceptors (Lipinski definition) is 1. The molecule has 1 amide bonds. The second-order valence-corrected chi connectivity index (χ2v) is 4.25. The summed E-state index contributed by atoms with van der Waals surface area (Å²) in [4.78, 5) is 11.1. The lowest BCUT2D eigenvalue weighted by Crippen LogP contribution is -2.42. The molecular weight excluding hydrogens is 150 g/mol. The van der Waals surface area contributed by atoms with Crippen molar-refractivity contribution < 1.29 is 4.79 Å². The predicted molar refractivity (Wildman–Crippen MR) is 52.0 cm³/mol. The van der Waals surface area contributed by atoms with Crippen LogP contribution in [0.1, 0.15) is 47.5 Å². The van der Waals surface area contributed by atoms with Crippen LogP contribution in [-0.4, -0.2) is 11.9 Å². The van der Waals surface area contributed by atoms with Gasteiger partial charge in [0.05, 0.1) is 0 Å². The summed E-state index contributed by atoms with van der Waals surface area (Å²) in [7, 11) is 0. The molecule has 1 unspecified atom stereocenters. The Hall–Kier alpha value is -0.530. The Morgan fingerprint density at radius 2 is 1.83 bits per heavy atom. The van der Waals surface area contributed by atoms with Crippen molar-refractivity contribution in [3.63, 3.8) is 0 Å². The minimum absolute atomic E-state index is 0.150. The van der Waals surface area contributed by atoms with Crippen molar-refractivity contribution in [2.75, 3.05) is 0 Å². The highest BCUT2D eigenvalue weighted by Crippen LogP contribution is 2.21. The van der Waals surface area contributed by atoms with E-state index in [9.17, 15) is 4.79 Å². The van der Waals surface area contributed by atoms with Gasteiger partial charge in [-0.25, -0.2) is 0 Å². The second kappa shape index (κ2) is 4.48. The van der Waals surface area contributed by atoms with Crippen LogP contribution in [0.15, 0.2) is 0 Å². The Labute approximate surface area is 75.7 Å². The van der Waals surface area contributed by atoms with Crippen LogP contribution in [0.5, 0.6) is 0 Å². The molecule has 2 heteroatoms. The SMILES string of the molecule is CCC(=O)NC(CC)C(C)(C)C. The monoisotopic (exact) mass is 171 g/mol. The first kappa shape index (κ1) is 11.5. The normalized spacial score (nSPS) is 14.1. The quantitative estimate of drug-likeness (QED) is 0.693. The summed E-state index contributed by atoms with van der Waals surface area (Å²) in [5.74, 6) is 0.150. The number of amides is 1. The lowest BCUT2D eigenvalue weighted by atomic mass is 9.85. The summed E-state index contributed by atoms with van der Waals surface area (Å²) in [6, 6.07) is 0.296. The predicted octanol–water partition coefficient (Wildman–Crippen LogP) is 2.34. The van der Waals surface area contributed by atoms with Crippen molar-refractivity contribution in [1.29, 1.82) is 0 Å². The van der Waals surface area contributed by atoms with Crippen molar-refractivity contribution >= 4 is 5.91 Å². The van der Waals surface area contributed by atoms with Gasteiger partial charge in [0.2, 0.25) is 5.91 Å². The maximum atomic E-state index is 11.1. The number of nitrogens with one attached hydrogen (secondary N) is 1. The molecule has 0 radical (unpaired) electrons. The Morgan fingerprint density at radius 1 is 1.33 bits per heavy atom. The molecule has 0 aromatic carbocycles. The second-order valence-electron chi connectivity index (χ2n) is 4.25. The van der Waals surface area contributed by atoms with Gasteiger partial charge in [-0.05, 0) is 11.8 Å². The van der Waals surface area contributed by atoms with Crippen molar-refractivity contribution in [3.8, 4) is 0 Å². The highest BCUT2D eigenvalue weighted by Gasteiger charge is 2.23. The van der Waals surface area contributed by atoms with Crippen molar-refractivity contribution in [2.24, 2.45) is 5.41 Å². The van der Waals surface area contributed by atoms with E-state index in [2.05, 4.69) is 33.0 Å². The lowest BCUT2D eigenvalue weighted by Gasteiger charge is -2.30. The van der Waals surface area contributed by atoms with Crippen LogP contribution >= 0.6 is 0 Å². The third-order valence-electron chi connectivity index (χ3n) is 2.11. The largest absolute Gasteiger partial charge is 0.353 e. The van der Waals surface area contributed by atoms with E-state index in [1.165, 1.54) is 0 Å². The molecule has 0 heterocycles. The molecule has 0 aliphatic rings. The fourth-order valence-corrected chi connectivity index (χ4v) is 1.23. The Morgan fingerprint density at radius 3 is 2.08 bits per heavy atom. The molecule has 0 aromatic heterocycles. The third kappa shape index (κ3) is 3.74. The van der Waals surface area contributed by atoms with E-state index in [1.807, 2.05) is 6.92 Å². The van der Waals surface area contributed by atoms with Gasteiger partial charge in [-0.1, -0.05) is 34.6 Å². The average molecular weight is 171 g/mol. The van der Waals surface area contributed by atoms with Crippen LogP contribution in [0.25, 0.3) is 0 Å². The summed E-state index contributed by atoms with van der Waals surface area (Å²) < 4.78 is 0. The van der Waals surface area contributed by atoms with Crippen LogP contribution < -0.4 is 5.32 Å². The molecule has 0 aliphatic carbocycles. The van der Waals surface area contributed by atoms with Crippen molar-refractivity contribution in [2.45, 2.75) is 53.5 Å². The van der Waals surface area contributed by atoms with Crippen LogP contribution in [0.2, 0.25) is 0 Å². The Kier molecular flexibility index (Phi) is 4.29. The zero-order chi connectivity index (χ0) is 9.78. The van der Waals surface area contributed by atoms with E-state index in [0.717, 1.165) is 6.42 Å². The molecule has 72 valence electrons. The highest BCUT2D eigenvalue weighted by atomic mass is 16.1. The van der Waals surface area contributed by atoms with Crippen molar-refractivity contribution in [3.05, 3.63) is 0 Å². The van der Waals surface area contributed by atoms with Crippen LogP contribution in [0, 0.1) is 5.41 Å². The van der Waals surface area contributed by atoms with E-state index in [0.29, 0.717) is 12.5 Å². The number of rotatable bonds is 3. The maximum absolute atomic E-state index is 11.1. The zero-order valence-electron chi connectivity index (χ0n) is 8.90.